The summed E-state index contributed by atoms with van der Waals surface area (Å²) in [4.78, 5) is 3.97. The van der Waals surface area contributed by atoms with Crippen molar-refractivity contribution in [2.24, 2.45) is 5.73 Å². The molecule has 92 valence electrons. The zero-order valence-corrected chi connectivity index (χ0v) is 8.65. The lowest BCUT2D eigenvalue weighted by atomic mass is 10.3. The molecule has 3 N–H and O–H groups in total. The third kappa shape index (κ3) is 2.25. The average Bonchev–Trinajstić information content (AvgIpc) is 2.69. The summed E-state index contributed by atoms with van der Waals surface area (Å²) in [5.41, 5.74) is 5.07. The van der Waals surface area contributed by atoms with Crippen molar-refractivity contribution in [3.63, 3.8) is 0 Å². The lowest BCUT2D eigenvalue weighted by Gasteiger charge is -2.05. The van der Waals surface area contributed by atoms with Gasteiger partial charge in [0.2, 0.25) is 0 Å². The van der Waals surface area contributed by atoms with Crippen molar-refractivity contribution in [2.75, 3.05) is 6.54 Å². The van der Waals surface area contributed by atoms with Gasteiger partial charge in [0, 0.05) is 18.9 Å². The average molecular weight is 245 g/mol. The third-order valence-corrected chi connectivity index (χ3v) is 2.36. The van der Waals surface area contributed by atoms with Gasteiger partial charge in [-0.1, -0.05) is 0 Å². The molecule has 0 spiro atoms. The number of nitrogens with two attached hydrogens (primary N) is 1. The van der Waals surface area contributed by atoms with E-state index in [2.05, 4.69) is 4.98 Å². The maximum atomic E-state index is 12.4. The molecule has 7 heteroatoms. The van der Waals surface area contributed by atoms with Crippen LogP contribution in [0.15, 0.2) is 24.5 Å². The van der Waals surface area contributed by atoms with Crippen LogP contribution in [0.25, 0.3) is 5.65 Å². The number of aliphatic hydroxyl groups excluding tert-OH is 1. The van der Waals surface area contributed by atoms with Gasteiger partial charge in [-0.2, -0.15) is 13.2 Å². The molecule has 0 amide bonds. The van der Waals surface area contributed by atoms with Gasteiger partial charge in [-0.15, -0.1) is 0 Å². The van der Waals surface area contributed by atoms with E-state index in [1.807, 2.05) is 0 Å². The number of rotatable bonds is 2. The lowest BCUT2D eigenvalue weighted by Crippen LogP contribution is -2.11. The number of hydrogen-bond acceptors (Lipinski definition) is 3. The van der Waals surface area contributed by atoms with Crippen molar-refractivity contribution in [1.29, 1.82) is 0 Å². The Morgan fingerprint density at radius 3 is 2.65 bits per heavy atom. The van der Waals surface area contributed by atoms with E-state index in [-0.39, 0.29) is 12.2 Å². The van der Waals surface area contributed by atoms with Gasteiger partial charge in [0.25, 0.3) is 0 Å². The lowest BCUT2D eigenvalue weighted by molar-refractivity contribution is -0.137. The molecule has 0 aromatic carbocycles. The number of hydrogen-bond donors (Lipinski definition) is 2. The van der Waals surface area contributed by atoms with Crippen LogP contribution in [0.5, 0.6) is 0 Å². The topological polar surface area (TPSA) is 63.5 Å². The van der Waals surface area contributed by atoms with Crippen LogP contribution in [0.4, 0.5) is 13.2 Å². The number of imidazole rings is 1. The highest BCUT2D eigenvalue weighted by Crippen LogP contribution is 2.29. The van der Waals surface area contributed by atoms with Crippen molar-refractivity contribution in [3.05, 3.63) is 35.8 Å². The first kappa shape index (κ1) is 11.9. The minimum Gasteiger partial charge on any atom is -0.385 e. The number of fused-ring (bicyclic) bond motifs is 1. The summed E-state index contributed by atoms with van der Waals surface area (Å²) in [6.07, 6.45) is -3.10. The molecule has 1 unspecified atom stereocenters. The normalized spacial score (nSPS) is 14.2. The molecule has 0 saturated heterocycles. The molecule has 0 aliphatic rings. The monoisotopic (exact) mass is 245 g/mol. The number of halogens is 3. The Hall–Kier alpha value is -1.60. The van der Waals surface area contributed by atoms with Gasteiger partial charge < -0.3 is 15.2 Å². The number of alkyl halides is 3. The van der Waals surface area contributed by atoms with Gasteiger partial charge in [0.05, 0.1) is 11.3 Å². The van der Waals surface area contributed by atoms with E-state index in [1.165, 1.54) is 16.7 Å². The minimum atomic E-state index is -4.40. The smallest absolute Gasteiger partial charge is 0.385 e. The van der Waals surface area contributed by atoms with E-state index in [0.29, 0.717) is 5.65 Å². The summed E-state index contributed by atoms with van der Waals surface area (Å²) >= 11 is 0. The van der Waals surface area contributed by atoms with E-state index in [0.717, 1.165) is 12.3 Å². The zero-order chi connectivity index (χ0) is 12.6. The number of pyridine rings is 1. The molecule has 17 heavy (non-hydrogen) atoms. The van der Waals surface area contributed by atoms with E-state index in [9.17, 15) is 18.3 Å². The highest BCUT2D eigenvalue weighted by molar-refractivity contribution is 5.42. The number of aliphatic hydroxyl groups is 1. The van der Waals surface area contributed by atoms with Gasteiger partial charge >= 0.3 is 6.18 Å². The second kappa shape index (κ2) is 4.01. The van der Waals surface area contributed by atoms with Crippen LogP contribution in [0.1, 0.15) is 17.4 Å². The standard InChI is InChI=1S/C10H10F3N3O/c11-10(12,13)6-1-2-9-15-7(8(17)3-14)5-16(9)4-6/h1-2,4-5,8,17H,3,14H2. The molecule has 2 rings (SSSR count). The van der Waals surface area contributed by atoms with Gasteiger partial charge in [-0.3, -0.25) is 0 Å². The molecule has 0 aliphatic carbocycles. The Labute approximate surface area is 94.5 Å². The number of aromatic nitrogens is 2. The maximum absolute atomic E-state index is 12.4. The molecule has 0 radical (unpaired) electrons. The molecular formula is C10H10F3N3O. The Balaban J connectivity index is 2.48. The summed E-state index contributed by atoms with van der Waals surface area (Å²) in [5.74, 6) is 0. The Bertz CT molecular complexity index is 535. The van der Waals surface area contributed by atoms with Crippen LogP contribution in [0, 0.1) is 0 Å². The van der Waals surface area contributed by atoms with Gasteiger partial charge in [0.1, 0.15) is 11.8 Å². The fourth-order valence-corrected chi connectivity index (χ4v) is 1.46. The van der Waals surface area contributed by atoms with Crippen molar-refractivity contribution in [1.82, 2.24) is 9.38 Å². The van der Waals surface area contributed by atoms with Crippen molar-refractivity contribution in [2.45, 2.75) is 12.3 Å². The third-order valence-electron chi connectivity index (χ3n) is 2.36. The van der Waals surface area contributed by atoms with Crippen molar-refractivity contribution in [3.8, 4) is 0 Å². The van der Waals surface area contributed by atoms with E-state index in [4.69, 9.17) is 5.73 Å². The molecule has 2 aromatic rings. The minimum absolute atomic E-state index is 0.0317. The zero-order valence-electron chi connectivity index (χ0n) is 8.65. The molecule has 0 saturated carbocycles. The summed E-state index contributed by atoms with van der Waals surface area (Å²) in [5, 5.41) is 9.44. The van der Waals surface area contributed by atoms with Crippen LogP contribution in [-0.2, 0) is 6.18 Å². The fourth-order valence-electron chi connectivity index (χ4n) is 1.46. The van der Waals surface area contributed by atoms with Gasteiger partial charge in [0.15, 0.2) is 0 Å². The summed E-state index contributed by atoms with van der Waals surface area (Å²) in [6, 6.07) is 2.19. The van der Waals surface area contributed by atoms with Crippen molar-refractivity contribution >= 4 is 5.65 Å². The number of nitrogens with zero attached hydrogens (tertiary/aromatic N) is 2. The Morgan fingerprint density at radius 2 is 2.06 bits per heavy atom. The quantitative estimate of drug-likeness (QED) is 0.839. The van der Waals surface area contributed by atoms with Crippen LogP contribution in [0.3, 0.4) is 0 Å². The van der Waals surface area contributed by atoms with Crippen LogP contribution in [-0.4, -0.2) is 21.0 Å². The van der Waals surface area contributed by atoms with E-state index in [1.54, 1.807) is 0 Å². The first-order valence-corrected chi connectivity index (χ1v) is 4.86. The first-order valence-electron chi connectivity index (χ1n) is 4.86. The van der Waals surface area contributed by atoms with Crippen molar-refractivity contribution < 1.29 is 18.3 Å². The molecular weight excluding hydrogens is 235 g/mol. The largest absolute Gasteiger partial charge is 0.417 e. The van der Waals surface area contributed by atoms with E-state index >= 15 is 0 Å². The van der Waals surface area contributed by atoms with Gasteiger partial charge in [-0.05, 0) is 12.1 Å². The maximum Gasteiger partial charge on any atom is 0.417 e. The van der Waals surface area contributed by atoms with Gasteiger partial charge in [-0.25, -0.2) is 4.98 Å². The molecule has 0 aliphatic heterocycles. The fraction of sp³-hybridized carbons (Fsp3) is 0.300. The second-order valence-electron chi connectivity index (χ2n) is 3.60. The molecule has 0 fully saturated rings. The summed E-state index contributed by atoms with van der Waals surface area (Å²) in [6.45, 7) is -0.0317. The first-order chi connectivity index (χ1) is 7.91. The molecule has 4 nitrogen and oxygen atoms in total. The predicted molar refractivity (Wildman–Crippen MR) is 54.2 cm³/mol. The second-order valence-corrected chi connectivity index (χ2v) is 3.60. The van der Waals surface area contributed by atoms with Crippen LogP contribution < -0.4 is 5.73 Å². The SMILES string of the molecule is NCC(O)c1cn2cc(C(F)(F)F)ccc2n1. The molecule has 2 aromatic heterocycles. The molecule has 1 atom stereocenters. The highest BCUT2D eigenvalue weighted by Gasteiger charge is 2.30. The summed E-state index contributed by atoms with van der Waals surface area (Å²) in [7, 11) is 0. The highest BCUT2D eigenvalue weighted by atomic mass is 19.4. The van der Waals surface area contributed by atoms with Crippen LogP contribution in [0.2, 0.25) is 0 Å². The Morgan fingerprint density at radius 1 is 1.35 bits per heavy atom. The Kier molecular flexibility index (Phi) is 2.80. The molecule has 2 heterocycles. The van der Waals surface area contributed by atoms with E-state index < -0.39 is 17.8 Å². The molecule has 0 bridgehead atoms. The predicted octanol–water partition coefficient (Wildman–Crippen LogP) is 1.35. The summed E-state index contributed by atoms with van der Waals surface area (Å²) < 4.78 is 38.6. The van der Waals surface area contributed by atoms with Crippen LogP contribution >= 0.6 is 0 Å².